The molecule has 4 aliphatic carbocycles. The minimum Gasteiger partial charge on any atom is -0.203 e. The highest BCUT2D eigenvalue weighted by Crippen LogP contribution is 2.44. The van der Waals surface area contributed by atoms with Crippen LogP contribution < -0.4 is 0 Å². The minimum atomic E-state index is -0.804. The maximum atomic E-state index is 14.4. The van der Waals surface area contributed by atoms with Gasteiger partial charge in [-0.1, -0.05) is 308 Å². The van der Waals surface area contributed by atoms with E-state index in [2.05, 4.69) is 76.2 Å². The van der Waals surface area contributed by atoms with Gasteiger partial charge in [-0.05, 0) is 306 Å². The van der Waals surface area contributed by atoms with Crippen molar-refractivity contribution in [1.29, 1.82) is 0 Å². The van der Waals surface area contributed by atoms with Crippen LogP contribution in [0.4, 0.5) is 52.7 Å². The van der Waals surface area contributed by atoms with Gasteiger partial charge in [0.2, 0.25) is 0 Å². The molecule has 13 aromatic rings. The zero-order valence-electron chi connectivity index (χ0n) is 79.2. The van der Waals surface area contributed by atoms with Crippen LogP contribution in [0, 0.1) is 183 Å². The largest absolute Gasteiger partial charge is 0.203 e. The van der Waals surface area contributed by atoms with Gasteiger partial charge >= 0.3 is 0 Å². The Kier molecular flexibility index (Phi) is 33.6. The molecule has 0 N–H and O–H groups in total. The molecule has 0 atom stereocenters. The van der Waals surface area contributed by atoms with Crippen molar-refractivity contribution in [2.75, 3.05) is 0 Å². The molecule has 0 amide bonds. The van der Waals surface area contributed by atoms with E-state index in [4.69, 9.17) is 0 Å². The second-order valence-electron chi connectivity index (χ2n) is 38.3. The molecule has 0 radical (unpaired) electrons. The van der Waals surface area contributed by atoms with Crippen molar-refractivity contribution in [3.63, 3.8) is 0 Å². The average molecular weight is 1790 g/mol. The van der Waals surface area contributed by atoms with Crippen LogP contribution in [0.5, 0.6) is 0 Å². The summed E-state index contributed by atoms with van der Waals surface area (Å²) in [5.41, 5.74) is 21.8. The van der Waals surface area contributed by atoms with Gasteiger partial charge in [0, 0.05) is 44.7 Å². The molecule has 13 aromatic carbocycles. The third-order valence-corrected chi connectivity index (χ3v) is 27.8. The molecular formula is C119H134F12. The van der Waals surface area contributed by atoms with E-state index in [0.717, 1.165) is 90.4 Å². The molecule has 0 saturated heterocycles. The van der Waals surface area contributed by atoms with Gasteiger partial charge in [0.05, 0.1) is 0 Å². The Bertz CT molecular complexity index is 5510. The topological polar surface area (TPSA) is 0 Å². The molecule has 694 valence electrons. The van der Waals surface area contributed by atoms with Gasteiger partial charge < -0.3 is 0 Å². The highest BCUT2D eigenvalue weighted by Gasteiger charge is 2.28. The minimum absolute atomic E-state index is 0. The van der Waals surface area contributed by atoms with Gasteiger partial charge in [0.1, 0.15) is 0 Å². The lowest BCUT2D eigenvalue weighted by atomic mass is 9.79. The lowest BCUT2D eigenvalue weighted by Gasteiger charge is -2.26. The normalized spacial score (nSPS) is 18.2. The van der Waals surface area contributed by atoms with Crippen LogP contribution in [0.2, 0.25) is 0 Å². The lowest BCUT2D eigenvalue weighted by Crippen LogP contribution is -2.10. The maximum absolute atomic E-state index is 14.4. The number of aryl methyl sites for hydroxylation is 13. The van der Waals surface area contributed by atoms with Crippen molar-refractivity contribution in [3.8, 4) is 77.9 Å². The summed E-state index contributed by atoms with van der Waals surface area (Å²) in [6.45, 7) is 32.3. The van der Waals surface area contributed by atoms with Crippen LogP contribution in [0.3, 0.4) is 0 Å². The Hall–Kier alpha value is -11.0. The van der Waals surface area contributed by atoms with Gasteiger partial charge in [0.25, 0.3) is 0 Å². The van der Waals surface area contributed by atoms with Crippen LogP contribution in [-0.4, -0.2) is 0 Å². The molecule has 131 heavy (non-hydrogen) atoms. The SMILES string of the molecule is Cc1cc(C)c(-c2ccc(C3CCC(C)CC3)cc2)c(F)c1F.Cc1cc(C)c(-c2ccc(C3CCC(C)CC3)cc2)c(F)c1F.Cc1cc(C)c(-c2ccc(C3CCC(C)CC3)cc2)c(F)c1F.Cc1cc(C)c(-c2ccc(C3CCC(C)CC3)cc2)c(F)c1F.Cc1ccc(-c2c(C)cc(C)c(F)c2F)cc1.Cc1ccc(-c2ccc(-c3ccc(C)cc3)c(F)c2F)cc1.[HH].[HH].[HH].[HH]. The van der Waals surface area contributed by atoms with E-state index in [1.54, 1.807) is 108 Å². The average Bonchev–Trinajstić information content (AvgIpc) is 0.805. The van der Waals surface area contributed by atoms with Crippen LogP contribution in [0.25, 0.3) is 77.9 Å². The zero-order valence-corrected chi connectivity index (χ0v) is 79.2. The predicted molar refractivity (Wildman–Crippen MR) is 528 cm³/mol. The van der Waals surface area contributed by atoms with Crippen molar-refractivity contribution in [1.82, 2.24) is 0 Å². The Morgan fingerprint density at radius 1 is 0.168 bits per heavy atom. The van der Waals surface area contributed by atoms with Gasteiger partial charge in [-0.2, -0.15) is 0 Å². The zero-order chi connectivity index (χ0) is 94.5. The van der Waals surface area contributed by atoms with Gasteiger partial charge in [0.15, 0.2) is 69.8 Å². The standard InChI is InChI=1S/4C21H24F2.C20H16F2.C15H14F2.4H2/c4*1-13-4-6-16(7-5-13)17-8-10-18(11-9-17)19-14(2)12-15(3)20(22)21(19)23;1-13-3-7-15(8-4-13)17-11-12-18(20(22)19(17)21)16-9-5-14(2)6-10-16;1-9-4-6-12(7-5-9)13-10(2)8-11(3)14(16)15(13)17;;;;/h4*8-13,16H,4-7H2,1-3H3;3-12H,1-2H3;4-8H,1-3H3;4*1H. The quantitative estimate of drug-likeness (QED) is 0.113. The lowest BCUT2D eigenvalue weighted by molar-refractivity contribution is 0.348. The smallest absolute Gasteiger partial charge is 0.167 e. The Balaban J connectivity index is 0.000000198. The summed E-state index contributed by atoms with van der Waals surface area (Å²) in [7, 11) is 0. The third-order valence-electron chi connectivity index (χ3n) is 27.8. The highest BCUT2D eigenvalue weighted by atomic mass is 19.2. The fourth-order valence-electron chi connectivity index (χ4n) is 19.6. The van der Waals surface area contributed by atoms with Gasteiger partial charge in [-0.25, -0.2) is 52.7 Å². The monoisotopic (exact) mass is 1790 g/mol. The molecule has 0 unspecified atom stereocenters. The van der Waals surface area contributed by atoms with Crippen molar-refractivity contribution < 1.29 is 58.4 Å². The van der Waals surface area contributed by atoms with E-state index in [1.165, 1.54) is 125 Å². The van der Waals surface area contributed by atoms with Crippen LogP contribution in [0.15, 0.2) is 212 Å². The molecule has 4 saturated carbocycles. The number of hydrogen-bond donors (Lipinski definition) is 0. The van der Waals surface area contributed by atoms with Crippen LogP contribution in [0.1, 0.15) is 254 Å². The van der Waals surface area contributed by atoms with E-state index in [0.29, 0.717) is 96.0 Å². The first kappa shape index (κ1) is 99.0. The summed E-state index contributed by atoms with van der Waals surface area (Å²) >= 11 is 0. The summed E-state index contributed by atoms with van der Waals surface area (Å²) < 4.78 is 169. The van der Waals surface area contributed by atoms with Crippen LogP contribution >= 0.6 is 0 Å². The summed E-state index contributed by atoms with van der Waals surface area (Å²) in [6.07, 6.45) is 20.1. The maximum Gasteiger partial charge on any atom is 0.167 e. The number of benzene rings is 13. The van der Waals surface area contributed by atoms with E-state index < -0.39 is 69.8 Å². The first-order valence-electron chi connectivity index (χ1n) is 46.8. The van der Waals surface area contributed by atoms with Crippen molar-refractivity contribution in [2.45, 2.75) is 244 Å². The molecule has 0 heterocycles. The summed E-state index contributed by atoms with van der Waals surface area (Å²) in [4.78, 5) is 0. The molecular weight excluding hydrogens is 1660 g/mol. The van der Waals surface area contributed by atoms with E-state index >= 15 is 0 Å². The van der Waals surface area contributed by atoms with Crippen molar-refractivity contribution in [3.05, 3.63) is 377 Å². The number of halogens is 12. The Labute approximate surface area is 776 Å². The highest BCUT2D eigenvalue weighted by molar-refractivity contribution is 5.75. The summed E-state index contributed by atoms with van der Waals surface area (Å²) in [5.74, 6) is -3.25. The van der Waals surface area contributed by atoms with Crippen LogP contribution in [-0.2, 0) is 0 Å². The molecule has 4 aliphatic rings. The second kappa shape index (κ2) is 44.5. The predicted octanol–water partition coefficient (Wildman–Crippen LogP) is 37.6. The molecule has 0 aromatic heterocycles. The second-order valence-corrected chi connectivity index (χ2v) is 38.3. The van der Waals surface area contributed by atoms with Gasteiger partial charge in [-0.3, -0.25) is 0 Å². The van der Waals surface area contributed by atoms with E-state index in [-0.39, 0.29) is 16.8 Å². The van der Waals surface area contributed by atoms with Gasteiger partial charge in [-0.15, -0.1) is 0 Å². The Morgan fingerprint density at radius 2 is 0.321 bits per heavy atom. The molecule has 17 rings (SSSR count). The van der Waals surface area contributed by atoms with E-state index in [9.17, 15) is 52.7 Å². The molecule has 0 spiro atoms. The summed E-state index contributed by atoms with van der Waals surface area (Å²) in [5, 5.41) is 0. The molecule has 12 heteroatoms. The molecule has 0 bridgehead atoms. The number of rotatable bonds is 11. The van der Waals surface area contributed by atoms with Crippen molar-refractivity contribution >= 4 is 0 Å². The number of hydrogen-bond acceptors (Lipinski definition) is 0. The fraction of sp³-hybridized carbons (Fsp3) is 0.345. The van der Waals surface area contributed by atoms with E-state index in [1.807, 2.05) is 146 Å². The molecule has 0 aliphatic heterocycles. The first-order valence-corrected chi connectivity index (χ1v) is 46.8. The third kappa shape index (κ3) is 24.1. The van der Waals surface area contributed by atoms with Crippen molar-refractivity contribution in [2.24, 2.45) is 23.7 Å². The Morgan fingerprint density at radius 3 is 0.489 bits per heavy atom. The first-order chi connectivity index (χ1) is 62.4. The molecule has 4 fully saturated rings. The fourth-order valence-corrected chi connectivity index (χ4v) is 19.6. The molecule has 0 nitrogen and oxygen atoms in total. The summed E-state index contributed by atoms with van der Waals surface area (Å²) in [6, 6.07) is 66.2.